The maximum atomic E-state index is 12.4. The zero-order valence-corrected chi connectivity index (χ0v) is 15.1. The highest BCUT2D eigenvalue weighted by Crippen LogP contribution is 2.32. The summed E-state index contributed by atoms with van der Waals surface area (Å²) in [5.41, 5.74) is 0.969. The van der Waals surface area contributed by atoms with Crippen molar-refractivity contribution >= 4 is 6.03 Å². The molecule has 0 spiro atoms. The summed E-state index contributed by atoms with van der Waals surface area (Å²) < 4.78 is 16.7. The Morgan fingerprint density at radius 2 is 1.88 bits per heavy atom. The first-order chi connectivity index (χ1) is 12.6. The molecule has 26 heavy (non-hydrogen) atoms. The second-order valence-electron chi connectivity index (χ2n) is 6.16. The van der Waals surface area contributed by atoms with Crippen LogP contribution in [0.5, 0.6) is 17.2 Å². The molecule has 0 radical (unpaired) electrons. The zero-order valence-electron chi connectivity index (χ0n) is 15.1. The third kappa shape index (κ3) is 4.59. The molecule has 2 aromatic rings. The lowest BCUT2D eigenvalue weighted by molar-refractivity contribution is 0.171. The van der Waals surface area contributed by atoms with Gasteiger partial charge in [0.25, 0.3) is 0 Å². The Bertz CT molecular complexity index is 736. The molecule has 0 fully saturated rings. The number of nitrogens with one attached hydrogen (secondary N) is 1. The molecule has 1 atom stereocenters. The van der Waals surface area contributed by atoms with E-state index in [4.69, 9.17) is 14.2 Å². The Morgan fingerprint density at radius 1 is 1.15 bits per heavy atom. The fourth-order valence-electron chi connectivity index (χ4n) is 2.63. The lowest BCUT2D eigenvalue weighted by atomic mass is 10.1. The van der Waals surface area contributed by atoms with Crippen molar-refractivity contribution < 1.29 is 19.0 Å². The third-order valence-corrected chi connectivity index (χ3v) is 4.19. The van der Waals surface area contributed by atoms with Crippen LogP contribution in [0.1, 0.15) is 18.5 Å². The van der Waals surface area contributed by atoms with Crippen molar-refractivity contribution in [2.24, 2.45) is 0 Å². The van der Waals surface area contributed by atoms with Crippen LogP contribution in [0.15, 0.2) is 48.5 Å². The zero-order chi connectivity index (χ0) is 18.4. The van der Waals surface area contributed by atoms with E-state index in [1.807, 2.05) is 55.5 Å². The molecule has 0 saturated carbocycles. The lowest BCUT2D eigenvalue weighted by Gasteiger charge is -2.23. The summed E-state index contributed by atoms with van der Waals surface area (Å²) in [6.07, 6.45) is 0. The number of nitrogens with zero attached hydrogens (tertiary/aromatic N) is 1. The number of hydrogen-bond donors (Lipinski definition) is 1. The van der Waals surface area contributed by atoms with Gasteiger partial charge in [-0.05, 0) is 36.8 Å². The molecule has 0 saturated heterocycles. The number of ether oxygens (including phenoxy) is 3. The number of urea groups is 1. The van der Waals surface area contributed by atoms with Crippen LogP contribution in [-0.4, -0.2) is 44.3 Å². The van der Waals surface area contributed by atoms with E-state index in [-0.39, 0.29) is 12.1 Å². The predicted molar refractivity (Wildman–Crippen MR) is 98.9 cm³/mol. The summed E-state index contributed by atoms with van der Waals surface area (Å²) in [5, 5.41) is 2.99. The molecule has 0 aromatic heterocycles. The van der Waals surface area contributed by atoms with E-state index in [2.05, 4.69) is 5.32 Å². The highest BCUT2D eigenvalue weighted by molar-refractivity contribution is 5.74. The molecule has 2 aromatic carbocycles. The van der Waals surface area contributed by atoms with Crippen molar-refractivity contribution in [1.82, 2.24) is 10.2 Å². The quantitative estimate of drug-likeness (QED) is 0.863. The molecular formula is C20H24N2O4. The van der Waals surface area contributed by atoms with Gasteiger partial charge in [-0.1, -0.05) is 24.3 Å². The molecule has 1 aliphatic rings. The highest BCUT2D eigenvalue weighted by atomic mass is 16.6. The SMILES string of the molecule is CC(NC(=O)N(C)CCOc1ccccc1)c1ccc2c(c1)OCCO2. The molecule has 1 aliphatic heterocycles. The Morgan fingerprint density at radius 3 is 2.65 bits per heavy atom. The van der Waals surface area contributed by atoms with E-state index in [0.29, 0.717) is 26.4 Å². The van der Waals surface area contributed by atoms with Crippen LogP contribution in [-0.2, 0) is 0 Å². The fourth-order valence-corrected chi connectivity index (χ4v) is 2.63. The van der Waals surface area contributed by atoms with Crippen molar-refractivity contribution in [2.75, 3.05) is 33.4 Å². The van der Waals surface area contributed by atoms with Crippen LogP contribution < -0.4 is 19.5 Å². The van der Waals surface area contributed by atoms with Crippen molar-refractivity contribution in [1.29, 1.82) is 0 Å². The number of carbonyl (C=O) groups excluding carboxylic acids is 1. The van der Waals surface area contributed by atoms with Gasteiger partial charge in [-0.3, -0.25) is 0 Å². The van der Waals surface area contributed by atoms with Crippen molar-refractivity contribution in [3.63, 3.8) is 0 Å². The number of likely N-dealkylation sites (N-methyl/N-ethyl adjacent to an activating group) is 1. The summed E-state index contributed by atoms with van der Waals surface area (Å²) in [5.74, 6) is 2.26. The number of carbonyl (C=O) groups is 1. The number of amides is 2. The average molecular weight is 356 g/mol. The van der Waals surface area contributed by atoms with Gasteiger partial charge < -0.3 is 24.4 Å². The first-order valence-corrected chi connectivity index (χ1v) is 8.72. The number of para-hydroxylation sites is 1. The second-order valence-corrected chi connectivity index (χ2v) is 6.16. The number of benzene rings is 2. The van der Waals surface area contributed by atoms with Gasteiger partial charge >= 0.3 is 6.03 Å². The minimum Gasteiger partial charge on any atom is -0.492 e. The van der Waals surface area contributed by atoms with Gasteiger partial charge in [0.2, 0.25) is 0 Å². The first kappa shape index (κ1) is 17.9. The summed E-state index contributed by atoms with van der Waals surface area (Å²) in [6, 6.07) is 15.0. The fraction of sp³-hybridized carbons (Fsp3) is 0.350. The van der Waals surface area contributed by atoms with E-state index in [9.17, 15) is 4.79 Å². The van der Waals surface area contributed by atoms with Crippen LogP contribution in [0.4, 0.5) is 4.79 Å². The van der Waals surface area contributed by atoms with Gasteiger partial charge in [0.1, 0.15) is 25.6 Å². The number of hydrogen-bond acceptors (Lipinski definition) is 4. The summed E-state index contributed by atoms with van der Waals surface area (Å²) in [4.78, 5) is 14.0. The van der Waals surface area contributed by atoms with Crippen molar-refractivity contribution in [2.45, 2.75) is 13.0 Å². The van der Waals surface area contributed by atoms with Crippen LogP contribution in [0.25, 0.3) is 0 Å². The van der Waals surface area contributed by atoms with Gasteiger partial charge in [0.05, 0.1) is 12.6 Å². The topological polar surface area (TPSA) is 60.0 Å². The highest BCUT2D eigenvalue weighted by Gasteiger charge is 2.17. The summed E-state index contributed by atoms with van der Waals surface area (Å²) in [6.45, 7) is 3.98. The van der Waals surface area contributed by atoms with E-state index in [1.165, 1.54) is 0 Å². The predicted octanol–water partition coefficient (Wildman–Crippen LogP) is 3.24. The van der Waals surface area contributed by atoms with Crippen molar-refractivity contribution in [3.8, 4) is 17.2 Å². The maximum Gasteiger partial charge on any atom is 0.317 e. The van der Waals surface area contributed by atoms with Crippen LogP contribution in [0.3, 0.4) is 0 Å². The molecule has 0 aliphatic carbocycles. The summed E-state index contributed by atoms with van der Waals surface area (Å²) >= 11 is 0. The maximum absolute atomic E-state index is 12.4. The van der Waals surface area contributed by atoms with E-state index >= 15 is 0 Å². The lowest BCUT2D eigenvalue weighted by Crippen LogP contribution is -2.40. The molecule has 1 unspecified atom stereocenters. The van der Waals surface area contributed by atoms with Crippen LogP contribution >= 0.6 is 0 Å². The molecule has 1 heterocycles. The van der Waals surface area contributed by atoms with E-state index in [0.717, 1.165) is 22.8 Å². The Hall–Kier alpha value is -2.89. The molecular weight excluding hydrogens is 332 g/mol. The molecule has 3 rings (SSSR count). The van der Waals surface area contributed by atoms with Gasteiger partial charge in [-0.15, -0.1) is 0 Å². The van der Waals surface area contributed by atoms with Gasteiger partial charge in [-0.25, -0.2) is 4.79 Å². The second kappa shape index (κ2) is 8.47. The van der Waals surface area contributed by atoms with Gasteiger partial charge in [0, 0.05) is 7.05 Å². The van der Waals surface area contributed by atoms with Crippen LogP contribution in [0, 0.1) is 0 Å². The monoisotopic (exact) mass is 356 g/mol. The number of rotatable bonds is 6. The smallest absolute Gasteiger partial charge is 0.317 e. The molecule has 2 amide bonds. The Kier molecular flexibility index (Phi) is 5.84. The molecule has 6 nitrogen and oxygen atoms in total. The summed E-state index contributed by atoms with van der Waals surface area (Å²) in [7, 11) is 1.75. The minimum atomic E-state index is -0.149. The molecule has 6 heteroatoms. The van der Waals surface area contributed by atoms with E-state index in [1.54, 1.807) is 11.9 Å². The number of fused-ring (bicyclic) bond motifs is 1. The average Bonchev–Trinajstić information content (AvgIpc) is 2.68. The van der Waals surface area contributed by atoms with Gasteiger partial charge in [0.15, 0.2) is 11.5 Å². The Labute approximate surface area is 153 Å². The minimum absolute atomic E-state index is 0.143. The molecule has 138 valence electrons. The first-order valence-electron chi connectivity index (χ1n) is 8.72. The van der Waals surface area contributed by atoms with E-state index < -0.39 is 0 Å². The Balaban J connectivity index is 1.48. The molecule has 1 N–H and O–H groups in total. The van der Waals surface area contributed by atoms with Crippen molar-refractivity contribution in [3.05, 3.63) is 54.1 Å². The normalized spacial score (nSPS) is 13.6. The largest absolute Gasteiger partial charge is 0.492 e. The van der Waals surface area contributed by atoms with Crippen LogP contribution in [0.2, 0.25) is 0 Å². The standard InChI is InChI=1S/C20H24N2O4/c1-15(16-8-9-18-19(14-16)26-13-12-25-18)21-20(23)22(2)10-11-24-17-6-4-3-5-7-17/h3-9,14-15H,10-13H2,1-2H3,(H,21,23). The molecule has 0 bridgehead atoms. The third-order valence-electron chi connectivity index (χ3n) is 4.19. The van der Waals surface area contributed by atoms with Gasteiger partial charge in [-0.2, -0.15) is 0 Å².